The molecule has 130 valence electrons. The van der Waals surface area contributed by atoms with Gasteiger partial charge in [-0.1, -0.05) is 42.5 Å². The highest BCUT2D eigenvalue weighted by Crippen LogP contribution is 2.18. The molecular formula is C19H21N3O3. The van der Waals surface area contributed by atoms with E-state index in [4.69, 9.17) is 0 Å². The summed E-state index contributed by atoms with van der Waals surface area (Å²) in [6.45, 7) is 1.86. The van der Waals surface area contributed by atoms with Gasteiger partial charge >= 0.3 is 0 Å². The van der Waals surface area contributed by atoms with Crippen LogP contribution in [-0.4, -0.2) is 23.0 Å². The maximum absolute atomic E-state index is 12.6. The summed E-state index contributed by atoms with van der Waals surface area (Å²) in [4.78, 5) is 24.6. The van der Waals surface area contributed by atoms with Crippen LogP contribution in [0.2, 0.25) is 0 Å². The lowest BCUT2D eigenvalue weighted by Crippen LogP contribution is -2.56. The number of amides is 2. The number of aromatic hydroxyl groups is 1. The summed E-state index contributed by atoms with van der Waals surface area (Å²) in [6, 6.07) is 15.3. The summed E-state index contributed by atoms with van der Waals surface area (Å²) in [5.74, 6) is -0.208. The van der Waals surface area contributed by atoms with E-state index in [-0.39, 0.29) is 36.2 Å². The molecule has 1 fully saturated rings. The molecule has 0 saturated carbocycles. The summed E-state index contributed by atoms with van der Waals surface area (Å²) < 4.78 is 0. The molecule has 0 spiro atoms. The molecule has 6 nitrogen and oxygen atoms in total. The van der Waals surface area contributed by atoms with Crippen molar-refractivity contribution in [1.29, 1.82) is 0 Å². The Labute approximate surface area is 146 Å². The predicted octanol–water partition coefficient (Wildman–Crippen LogP) is 1.75. The number of benzene rings is 2. The van der Waals surface area contributed by atoms with E-state index in [1.807, 2.05) is 37.3 Å². The van der Waals surface area contributed by atoms with Crippen molar-refractivity contribution in [3.63, 3.8) is 0 Å². The predicted molar refractivity (Wildman–Crippen MR) is 93.5 cm³/mol. The van der Waals surface area contributed by atoms with Gasteiger partial charge in [-0.3, -0.25) is 14.9 Å². The van der Waals surface area contributed by atoms with E-state index in [9.17, 15) is 14.7 Å². The summed E-state index contributed by atoms with van der Waals surface area (Å²) in [7, 11) is 0. The Morgan fingerprint density at radius 1 is 1.16 bits per heavy atom. The molecule has 2 amide bonds. The molecule has 3 rings (SSSR count). The van der Waals surface area contributed by atoms with Crippen LogP contribution in [0.5, 0.6) is 5.75 Å². The molecule has 2 aromatic rings. The summed E-state index contributed by atoms with van der Waals surface area (Å²) in [5, 5.41) is 18.3. The molecule has 6 heteroatoms. The van der Waals surface area contributed by atoms with Crippen LogP contribution in [0.15, 0.2) is 54.6 Å². The topological polar surface area (TPSA) is 90.5 Å². The fourth-order valence-electron chi connectivity index (χ4n) is 2.86. The molecule has 0 bridgehead atoms. The van der Waals surface area contributed by atoms with E-state index in [2.05, 4.69) is 16.0 Å². The fraction of sp³-hybridized carbons (Fsp3) is 0.263. The maximum Gasteiger partial charge on any atom is 0.238 e. The van der Waals surface area contributed by atoms with Crippen LogP contribution in [0.3, 0.4) is 0 Å². The third-order valence-electron chi connectivity index (χ3n) is 4.26. The number of phenols is 1. The molecule has 0 aromatic heterocycles. The monoisotopic (exact) mass is 339 g/mol. The Balaban J connectivity index is 1.66. The largest absolute Gasteiger partial charge is 0.508 e. The average Bonchev–Trinajstić information content (AvgIpc) is 2.62. The van der Waals surface area contributed by atoms with Gasteiger partial charge in [0.25, 0.3) is 0 Å². The van der Waals surface area contributed by atoms with Crippen molar-refractivity contribution in [3.8, 4) is 5.75 Å². The van der Waals surface area contributed by atoms with Gasteiger partial charge in [0.2, 0.25) is 11.8 Å². The zero-order valence-electron chi connectivity index (χ0n) is 13.9. The van der Waals surface area contributed by atoms with Crippen molar-refractivity contribution in [3.05, 3.63) is 65.7 Å². The van der Waals surface area contributed by atoms with Gasteiger partial charge in [0.15, 0.2) is 0 Å². The van der Waals surface area contributed by atoms with Gasteiger partial charge in [-0.05, 0) is 30.2 Å². The third kappa shape index (κ3) is 4.16. The van der Waals surface area contributed by atoms with Crippen LogP contribution >= 0.6 is 0 Å². The molecule has 2 unspecified atom stereocenters. The molecular weight excluding hydrogens is 318 g/mol. The standard InChI is InChI=1S/C19H21N3O3/c1-12(13-7-9-15(23)10-8-13)20-19(25)16-11-17(24)22-18(21-16)14-5-3-2-4-6-14/h2-10,12,16,18,21,23H,11H2,1H3,(H,20,25)(H,22,24)/t12-,16?,18?/m1/s1. The van der Waals surface area contributed by atoms with Crippen LogP contribution in [0.25, 0.3) is 0 Å². The number of nitrogens with one attached hydrogen (secondary N) is 3. The molecule has 0 aliphatic carbocycles. The Morgan fingerprint density at radius 3 is 2.52 bits per heavy atom. The number of carbonyl (C=O) groups is 2. The number of phenolic OH excluding ortho intramolecular Hbond substituents is 1. The number of hydrogen-bond donors (Lipinski definition) is 4. The van der Waals surface area contributed by atoms with Gasteiger partial charge < -0.3 is 15.7 Å². The van der Waals surface area contributed by atoms with E-state index in [1.54, 1.807) is 24.3 Å². The number of carbonyl (C=O) groups excluding carboxylic acids is 2. The molecule has 4 N–H and O–H groups in total. The quantitative estimate of drug-likeness (QED) is 0.683. The van der Waals surface area contributed by atoms with E-state index in [1.165, 1.54) is 0 Å². The summed E-state index contributed by atoms with van der Waals surface area (Å²) in [6.07, 6.45) is -0.292. The molecule has 1 aliphatic rings. The maximum atomic E-state index is 12.6. The fourth-order valence-corrected chi connectivity index (χ4v) is 2.86. The van der Waals surface area contributed by atoms with Gasteiger partial charge in [-0.15, -0.1) is 0 Å². The lowest BCUT2D eigenvalue weighted by molar-refractivity contribution is -0.132. The van der Waals surface area contributed by atoms with Crippen molar-refractivity contribution in [1.82, 2.24) is 16.0 Å². The molecule has 3 atom stereocenters. The highest BCUT2D eigenvalue weighted by Gasteiger charge is 2.31. The molecule has 0 radical (unpaired) electrons. The van der Waals surface area contributed by atoms with Crippen LogP contribution in [0.1, 0.15) is 36.7 Å². The first-order valence-corrected chi connectivity index (χ1v) is 8.22. The van der Waals surface area contributed by atoms with Crippen molar-refractivity contribution in [2.75, 3.05) is 0 Å². The van der Waals surface area contributed by atoms with Gasteiger partial charge in [0, 0.05) is 0 Å². The first kappa shape index (κ1) is 17.0. The first-order chi connectivity index (χ1) is 12.0. The van der Waals surface area contributed by atoms with Crippen molar-refractivity contribution in [2.45, 2.75) is 31.6 Å². The van der Waals surface area contributed by atoms with Gasteiger partial charge in [0.1, 0.15) is 11.9 Å². The Kier molecular flexibility index (Phi) is 5.00. The zero-order chi connectivity index (χ0) is 17.8. The Morgan fingerprint density at radius 2 is 1.84 bits per heavy atom. The van der Waals surface area contributed by atoms with Crippen LogP contribution in [0, 0.1) is 0 Å². The van der Waals surface area contributed by atoms with Crippen LogP contribution < -0.4 is 16.0 Å². The molecule has 2 aromatic carbocycles. The SMILES string of the molecule is C[C@@H](NC(=O)C1CC(=O)NC(c2ccccc2)N1)c1ccc(O)cc1. The van der Waals surface area contributed by atoms with E-state index in [0.29, 0.717) is 0 Å². The second kappa shape index (κ2) is 7.36. The minimum absolute atomic E-state index is 0.0947. The van der Waals surface area contributed by atoms with Crippen LogP contribution in [0.4, 0.5) is 0 Å². The summed E-state index contributed by atoms with van der Waals surface area (Å²) >= 11 is 0. The average molecular weight is 339 g/mol. The highest BCUT2D eigenvalue weighted by atomic mass is 16.3. The number of rotatable bonds is 4. The molecule has 1 saturated heterocycles. The number of hydrogen-bond acceptors (Lipinski definition) is 4. The second-order valence-corrected chi connectivity index (χ2v) is 6.16. The normalized spacial score (nSPS) is 21.2. The molecule has 1 heterocycles. The van der Waals surface area contributed by atoms with Gasteiger partial charge in [-0.2, -0.15) is 0 Å². The summed E-state index contributed by atoms with van der Waals surface area (Å²) in [5.41, 5.74) is 1.78. The van der Waals surface area contributed by atoms with E-state index < -0.39 is 6.04 Å². The minimum atomic E-state index is -0.599. The molecule has 1 aliphatic heterocycles. The second-order valence-electron chi connectivity index (χ2n) is 6.16. The first-order valence-electron chi connectivity index (χ1n) is 8.22. The van der Waals surface area contributed by atoms with E-state index >= 15 is 0 Å². The lowest BCUT2D eigenvalue weighted by Gasteiger charge is -2.31. The van der Waals surface area contributed by atoms with E-state index in [0.717, 1.165) is 11.1 Å². The minimum Gasteiger partial charge on any atom is -0.508 e. The zero-order valence-corrected chi connectivity index (χ0v) is 13.9. The van der Waals surface area contributed by atoms with Crippen molar-refractivity contribution >= 4 is 11.8 Å². The van der Waals surface area contributed by atoms with Gasteiger partial charge in [-0.25, -0.2) is 0 Å². The van der Waals surface area contributed by atoms with Gasteiger partial charge in [0.05, 0.1) is 18.5 Å². The Bertz CT molecular complexity index is 746. The van der Waals surface area contributed by atoms with Crippen molar-refractivity contribution in [2.24, 2.45) is 0 Å². The molecule has 25 heavy (non-hydrogen) atoms. The highest BCUT2D eigenvalue weighted by molar-refractivity contribution is 5.89. The lowest BCUT2D eigenvalue weighted by atomic mass is 10.0. The smallest absolute Gasteiger partial charge is 0.238 e. The third-order valence-corrected chi connectivity index (χ3v) is 4.26. The van der Waals surface area contributed by atoms with Crippen molar-refractivity contribution < 1.29 is 14.7 Å². The van der Waals surface area contributed by atoms with Crippen LogP contribution in [-0.2, 0) is 9.59 Å². The Hall–Kier alpha value is -2.86.